The average molecular weight is 280 g/mol. The third-order valence-corrected chi connectivity index (χ3v) is 3.04. The average Bonchev–Trinajstić information content (AvgIpc) is 2.76. The molecule has 1 aromatic heterocycles. The number of hydrogen-bond donors (Lipinski definition) is 1. The molecule has 1 aromatic carbocycles. The molecule has 0 saturated heterocycles. The first-order valence-corrected chi connectivity index (χ1v) is 6.03. The van der Waals surface area contributed by atoms with E-state index in [4.69, 9.17) is 5.73 Å². The Balaban J connectivity index is 2.27. The zero-order valence-corrected chi connectivity index (χ0v) is 10.7. The maximum atomic E-state index is 6.18. The fourth-order valence-electron chi connectivity index (χ4n) is 1.61. The van der Waals surface area contributed by atoms with E-state index in [1.54, 1.807) is 0 Å². The Morgan fingerprint density at radius 2 is 2.25 bits per heavy atom. The fraction of sp³-hybridized carbons (Fsp3) is 0.250. The summed E-state index contributed by atoms with van der Waals surface area (Å²) >= 11 is 3.45. The molecule has 4 heteroatoms. The number of aromatic nitrogens is 2. The molecule has 2 rings (SSSR count). The Morgan fingerprint density at radius 1 is 1.44 bits per heavy atom. The number of nitrogens with two attached hydrogens (primary N) is 1. The van der Waals surface area contributed by atoms with Gasteiger partial charge in [0, 0.05) is 22.8 Å². The zero-order valence-electron chi connectivity index (χ0n) is 9.10. The highest BCUT2D eigenvalue weighted by molar-refractivity contribution is 9.10. The summed E-state index contributed by atoms with van der Waals surface area (Å²) in [7, 11) is 0. The van der Waals surface area contributed by atoms with E-state index in [1.807, 2.05) is 41.3 Å². The molecule has 0 amide bonds. The van der Waals surface area contributed by atoms with E-state index >= 15 is 0 Å². The van der Waals surface area contributed by atoms with Gasteiger partial charge in [0.2, 0.25) is 0 Å². The third-order valence-electron chi connectivity index (χ3n) is 2.54. The van der Waals surface area contributed by atoms with Crippen molar-refractivity contribution in [3.8, 4) is 0 Å². The minimum Gasteiger partial charge on any atom is -0.320 e. The molecule has 1 atom stereocenters. The van der Waals surface area contributed by atoms with Gasteiger partial charge < -0.3 is 5.73 Å². The van der Waals surface area contributed by atoms with Crippen LogP contribution in [0.25, 0.3) is 0 Å². The van der Waals surface area contributed by atoms with Gasteiger partial charge in [-0.15, -0.1) is 0 Å². The van der Waals surface area contributed by atoms with Gasteiger partial charge in [0.05, 0.1) is 12.2 Å². The monoisotopic (exact) mass is 279 g/mol. The van der Waals surface area contributed by atoms with Crippen molar-refractivity contribution in [1.29, 1.82) is 0 Å². The summed E-state index contributed by atoms with van der Waals surface area (Å²) in [6.07, 6.45) is 3.82. The van der Waals surface area contributed by atoms with Crippen molar-refractivity contribution in [2.75, 3.05) is 0 Å². The summed E-state index contributed by atoms with van der Waals surface area (Å²) in [6.45, 7) is 2.92. The first-order chi connectivity index (χ1) is 7.70. The van der Waals surface area contributed by atoms with E-state index in [2.05, 4.69) is 28.0 Å². The van der Waals surface area contributed by atoms with Gasteiger partial charge >= 0.3 is 0 Å². The van der Waals surface area contributed by atoms with Crippen molar-refractivity contribution < 1.29 is 0 Å². The van der Waals surface area contributed by atoms with Crippen LogP contribution in [0.5, 0.6) is 0 Å². The predicted octanol–water partition coefficient (Wildman–Crippen LogP) is 2.71. The smallest absolute Gasteiger partial charge is 0.0583 e. The van der Waals surface area contributed by atoms with Gasteiger partial charge in [-0.3, -0.25) is 4.68 Å². The zero-order chi connectivity index (χ0) is 11.5. The summed E-state index contributed by atoms with van der Waals surface area (Å²) in [5, 5.41) is 4.23. The highest BCUT2D eigenvalue weighted by atomic mass is 79.9. The Morgan fingerprint density at radius 3 is 2.88 bits per heavy atom. The molecule has 84 valence electrons. The second kappa shape index (κ2) is 4.80. The quantitative estimate of drug-likeness (QED) is 0.939. The topological polar surface area (TPSA) is 43.8 Å². The lowest BCUT2D eigenvalue weighted by atomic mass is 10.0. The first kappa shape index (κ1) is 11.4. The summed E-state index contributed by atoms with van der Waals surface area (Å²) in [5.41, 5.74) is 8.31. The van der Waals surface area contributed by atoms with Crippen molar-refractivity contribution in [1.82, 2.24) is 9.78 Å². The molecular weight excluding hydrogens is 266 g/mol. The van der Waals surface area contributed by atoms with E-state index in [0.29, 0.717) is 0 Å². The van der Waals surface area contributed by atoms with Gasteiger partial charge in [-0.2, -0.15) is 5.10 Å². The molecule has 2 aromatic rings. The van der Waals surface area contributed by atoms with Crippen LogP contribution in [0.3, 0.4) is 0 Å². The van der Waals surface area contributed by atoms with E-state index in [-0.39, 0.29) is 6.04 Å². The Labute approximate surface area is 103 Å². The van der Waals surface area contributed by atoms with Crippen molar-refractivity contribution in [3.05, 3.63) is 52.3 Å². The lowest BCUT2D eigenvalue weighted by Crippen LogP contribution is -2.11. The van der Waals surface area contributed by atoms with Crippen LogP contribution in [0, 0.1) is 0 Å². The highest BCUT2D eigenvalue weighted by Crippen LogP contribution is 2.21. The number of rotatable bonds is 3. The number of benzene rings is 1. The highest BCUT2D eigenvalue weighted by Gasteiger charge is 2.10. The SMILES string of the molecule is CCn1cc(C(N)c2cccc(Br)c2)cn1. The molecule has 0 fully saturated rings. The number of halogens is 1. The number of nitrogens with zero attached hydrogens (tertiary/aromatic N) is 2. The lowest BCUT2D eigenvalue weighted by Gasteiger charge is -2.09. The van der Waals surface area contributed by atoms with Gasteiger partial charge in [-0.25, -0.2) is 0 Å². The van der Waals surface area contributed by atoms with Gasteiger partial charge in [-0.1, -0.05) is 28.1 Å². The largest absolute Gasteiger partial charge is 0.320 e. The number of hydrogen-bond acceptors (Lipinski definition) is 2. The maximum Gasteiger partial charge on any atom is 0.0583 e. The number of aryl methyl sites for hydroxylation is 1. The molecule has 0 aliphatic heterocycles. The lowest BCUT2D eigenvalue weighted by molar-refractivity contribution is 0.658. The molecule has 0 spiro atoms. The summed E-state index contributed by atoms with van der Waals surface area (Å²) in [4.78, 5) is 0. The third kappa shape index (κ3) is 2.33. The van der Waals surface area contributed by atoms with E-state index in [0.717, 1.165) is 22.1 Å². The first-order valence-electron chi connectivity index (χ1n) is 5.24. The van der Waals surface area contributed by atoms with Crippen LogP contribution in [0.15, 0.2) is 41.1 Å². The molecular formula is C12H14BrN3. The van der Waals surface area contributed by atoms with E-state index in [1.165, 1.54) is 0 Å². The standard InChI is InChI=1S/C12H14BrN3/c1-2-16-8-10(7-15-16)12(14)9-4-3-5-11(13)6-9/h3-8,12H,2,14H2,1H3. The van der Waals surface area contributed by atoms with Crippen LogP contribution < -0.4 is 5.73 Å². The Hall–Kier alpha value is -1.13. The summed E-state index contributed by atoms with van der Waals surface area (Å²) < 4.78 is 2.93. The molecule has 1 heterocycles. The van der Waals surface area contributed by atoms with Crippen LogP contribution in [0.4, 0.5) is 0 Å². The van der Waals surface area contributed by atoms with Crippen LogP contribution in [-0.4, -0.2) is 9.78 Å². The van der Waals surface area contributed by atoms with Gasteiger partial charge in [0.1, 0.15) is 0 Å². The maximum absolute atomic E-state index is 6.18. The van der Waals surface area contributed by atoms with Gasteiger partial charge in [-0.05, 0) is 24.6 Å². The summed E-state index contributed by atoms with van der Waals surface area (Å²) in [5.74, 6) is 0. The Bertz CT molecular complexity index is 479. The molecule has 0 radical (unpaired) electrons. The van der Waals surface area contributed by atoms with Gasteiger partial charge in [0.25, 0.3) is 0 Å². The molecule has 0 bridgehead atoms. The molecule has 3 nitrogen and oxygen atoms in total. The molecule has 1 unspecified atom stereocenters. The molecule has 0 aliphatic carbocycles. The van der Waals surface area contributed by atoms with Crippen molar-refractivity contribution in [2.24, 2.45) is 5.73 Å². The summed E-state index contributed by atoms with van der Waals surface area (Å²) in [6, 6.07) is 7.93. The minimum atomic E-state index is -0.113. The molecule has 16 heavy (non-hydrogen) atoms. The van der Waals surface area contributed by atoms with Crippen molar-refractivity contribution in [2.45, 2.75) is 19.5 Å². The normalized spacial score (nSPS) is 12.7. The van der Waals surface area contributed by atoms with Crippen molar-refractivity contribution in [3.63, 3.8) is 0 Å². The fourth-order valence-corrected chi connectivity index (χ4v) is 2.02. The second-order valence-electron chi connectivity index (χ2n) is 3.66. The predicted molar refractivity (Wildman–Crippen MR) is 68.1 cm³/mol. The van der Waals surface area contributed by atoms with Crippen LogP contribution in [-0.2, 0) is 6.54 Å². The van der Waals surface area contributed by atoms with Crippen LogP contribution >= 0.6 is 15.9 Å². The Kier molecular flexibility index (Phi) is 3.41. The van der Waals surface area contributed by atoms with Gasteiger partial charge in [0.15, 0.2) is 0 Å². The second-order valence-corrected chi connectivity index (χ2v) is 4.58. The molecule has 0 aliphatic rings. The van der Waals surface area contributed by atoms with Crippen LogP contribution in [0.1, 0.15) is 24.1 Å². The van der Waals surface area contributed by atoms with Crippen molar-refractivity contribution >= 4 is 15.9 Å². The minimum absolute atomic E-state index is 0.113. The van der Waals surface area contributed by atoms with E-state index in [9.17, 15) is 0 Å². The van der Waals surface area contributed by atoms with E-state index < -0.39 is 0 Å². The molecule has 2 N–H and O–H groups in total. The molecule has 0 saturated carbocycles. The van der Waals surface area contributed by atoms with Crippen LogP contribution in [0.2, 0.25) is 0 Å².